The molecule has 1 saturated heterocycles. The Bertz CT molecular complexity index is 634. The summed E-state index contributed by atoms with van der Waals surface area (Å²) in [5.74, 6) is -1.89. The number of carboxylic acids is 1. The predicted octanol–water partition coefficient (Wildman–Crippen LogP) is 1.76. The molecule has 2 N–H and O–H groups in total. The van der Waals surface area contributed by atoms with Gasteiger partial charge in [0.1, 0.15) is 11.3 Å². The summed E-state index contributed by atoms with van der Waals surface area (Å²) in [6, 6.07) is 3.69. The number of aromatic carboxylic acids is 1. The van der Waals surface area contributed by atoms with E-state index in [1.807, 2.05) is 0 Å². The average Bonchev–Trinajstić information content (AvgIpc) is 2.90. The molecule has 1 aromatic carbocycles. The van der Waals surface area contributed by atoms with Crippen LogP contribution in [-0.2, 0) is 0 Å². The number of alkyl halides is 3. The van der Waals surface area contributed by atoms with Crippen molar-refractivity contribution in [1.82, 2.24) is 10.2 Å². The van der Waals surface area contributed by atoms with Crippen molar-refractivity contribution in [3.05, 3.63) is 29.3 Å². The quantitative estimate of drug-likeness (QED) is 0.849. The second kappa shape index (κ2) is 7.08. The number of benzene rings is 1. The van der Waals surface area contributed by atoms with E-state index in [4.69, 9.17) is 9.84 Å². The highest BCUT2D eigenvalue weighted by Crippen LogP contribution is 2.25. The number of amides is 1. The van der Waals surface area contributed by atoms with Crippen LogP contribution in [0.5, 0.6) is 5.75 Å². The van der Waals surface area contributed by atoms with Crippen LogP contribution in [0.4, 0.5) is 13.2 Å². The fourth-order valence-electron chi connectivity index (χ4n) is 2.71. The van der Waals surface area contributed by atoms with Crippen LogP contribution in [0.15, 0.2) is 18.2 Å². The molecule has 2 rings (SSSR count). The Balaban J connectivity index is 2.06. The number of carboxylic acid groups (broad SMARTS) is 1. The van der Waals surface area contributed by atoms with Crippen molar-refractivity contribution < 1.29 is 32.6 Å². The Labute approximate surface area is 136 Å². The molecule has 6 nitrogen and oxygen atoms in total. The number of rotatable bonds is 5. The Morgan fingerprint density at radius 3 is 2.62 bits per heavy atom. The van der Waals surface area contributed by atoms with Gasteiger partial charge in [-0.3, -0.25) is 9.69 Å². The number of para-hydroxylation sites is 1. The minimum absolute atomic E-state index is 0.0340. The van der Waals surface area contributed by atoms with E-state index >= 15 is 0 Å². The summed E-state index contributed by atoms with van der Waals surface area (Å²) in [6.07, 6.45) is -3.89. The van der Waals surface area contributed by atoms with Gasteiger partial charge in [-0.25, -0.2) is 4.79 Å². The molecule has 1 amide bonds. The number of halogens is 3. The highest BCUT2D eigenvalue weighted by molar-refractivity contribution is 6.02. The normalized spacial score (nSPS) is 18.4. The Morgan fingerprint density at radius 2 is 2.04 bits per heavy atom. The first-order valence-corrected chi connectivity index (χ1v) is 7.21. The lowest BCUT2D eigenvalue weighted by Crippen LogP contribution is -2.39. The maximum Gasteiger partial charge on any atom is 0.401 e. The van der Waals surface area contributed by atoms with Crippen LogP contribution < -0.4 is 10.1 Å². The molecular weight excluding hydrogens is 329 g/mol. The molecule has 9 heteroatoms. The molecule has 1 unspecified atom stereocenters. The summed E-state index contributed by atoms with van der Waals surface area (Å²) in [4.78, 5) is 24.7. The monoisotopic (exact) mass is 346 g/mol. The maximum absolute atomic E-state index is 12.4. The van der Waals surface area contributed by atoms with E-state index < -0.39 is 30.6 Å². The number of hydrogen-bond acceptors (Lipinski definition) is 4. The van der Waals surface area contributed by atoms with Crippen LogP contribution in [0.1, 0.15) is 27.1 Å². The molecule has 1 aromatic rings. The van der Waals surface area contributed by atoms with E-state index in [-0.39, 0.29) is 30.0 Å². The highest BCUT2D eigenvalue weighted by atomic mass is 19.4. The third-order valence-corrected chi connectivity index (χ3v) is 3.70. The van der Waals surface area contributed by atoms with Crippen molar-refractivity contribution in [3.63, 3.8) is 0 Å². The lowest BCUT2D eigenvalue weighted by molar-refractivity contribution is -0.143. The van der Waals surface area contributed by atoms with Crippen LogP contribution in [-0.4, -0.2) is 60.8 Å². The highest BCUT2D eigenvalue weighted by Gasteiger charge is 2.35. The van der Waals surface area contributed by atoms with Gasteiger partial charge in [-0.05, 0) is 18.6 Å². The van der Waals surface area contributed by atoms with Crippen LogP contribution >= 0.6 is 0 Å². The van der Waals surface area contributed by atoms with Gasteiger partial charge < -0.3 is 15.2 Å². The van der Waals surface area contributed by atoms with Crippen LogP contribution in [0.2, 0.25) is 0 Å². The molecular formula is C15H17F3N2O4. The number of hydrogen-bond donors (Lipinski definition) is 2. The Hall–Kier alpha value is -2.29. The first kappa shape index (κ1) is 18.1. The van der Waals surface area contributed by atoms with E-state index in [1.165, 1.54) is 30.2 Å². The van der Waals surface area contributed by atoms with E-state index in [2.05, 4.69) is 5.32 Å². The topological polar surface area (TPSA) is 78.9 Å². The minimum atomic E-state index is -4.28. The average molecular weight is 346 g/mol. The standard InChI is InChI=1S/C15H17F3N2O4/c1-24-12-10(3-2-4-11(12)14(22)23)13(21)19-9-5-6-20(7-9)8-15(16,17)18/h2-4,9H,5-8H2,1H3,(H,19,21)(H,22,23). The van der Waals surface area contributed by atoms with Crippen molar-refractivity contribution in [2.75, 3.05) is 26.7 Å². The van der Waals surface area contributed by atoms with Crippen LogP contribution in [0.25, 0.3) is 0 Å². The summed E-state index contributed by atoms with van der Waals surface area (Å²) >= 11 is 0. The number of nitrogens with one attached hydrogen (secondary N) is 1. The lowest BCUT2D eigenvalue weighted by Gasteiger charge is -2.18. The van der Waals surface area contributed by atoms with E-state index in [0.29, 0.717) is 6.42 Å². The van der Waals surface area contributed by atoms with Gasteiger partial charge in [0.15, 0.2) is 0 Å². The fraction of sp³-hybridized carbons (Fsp3) is 0.467. The summed E-state index contributed by atoms with van der Waals surface area (Å²) in [5.41, 5.74) is -0.123. The predicted molar refractivity (Wildman–Crippen MR) is 78.3 cm³/mol. The number of carbonyl (C=O) groups excluding carboxylic acids is 1. The van der Waals surface area contributed by atoms with Crippen molar-refractivity contribution in [2.45, 2.75) is 18.6 Å². The van der Waals surface area contributed by atoms with E-state index in [9.17, 15) is 22.8 Å². The number of nitrogens with zero attached hydrogens (tertiary/aromatic N) is 1. The zero-order chi connectivity index (χ0) is 17.9. The minimum Gasteiger partial charge on any atom is -0.495 e. The van der Waals surface area contributed by atoms with Gasteiger partial charge in [0.25, 0.3) is 5.91 Å². The van der Waals surface area contributed by atoms with Crippen molar-refractivity contribution in [1.29, 1.82) is 0 Å². The smallest absolute Gasteiger partial charge is 0.401 e. The van der Waals surface area contributed by atoms with E-state index in [1.54, 1.807) is 0 Å². The van der Waals surface area contributed by atoms with Gasteiger partial charge in [-0.2, -0.15) is 13.2 Å². The van der Waals surface area contributed by atoms with Crippen LogP contribution in [0, 0.1) is 0 Å². The SMILES string of the molecule is COc1c(C(=O)O)cccc1C(=O)NC1CCN(CC(F)(F)F)C1. The summed E-state index contributed by atoms with van der Waals surface area (Å²) in [6.45, 7) is -0.694. The largest absolute Gasteiger partial charge is 0.495 e. The first-order chi connectivity index (χ1) is 11.2. The second-order valence-electron chi connectivity index (χ2n) is 5.50. The van der Waals surface area contributed by atoms with E-state index in [0.717, 1.165) is 0 Å². The van der Waals surface area contributed by atoms with Crippen LogP contribution in [0.3, 0.4) is 0 Å². The Morgan fingerprint density at radius 1 is 1.38 bits per heavy atom. The van der Waals surface area contributed by atoms with Gasteiger partial charge in [0, 0.05) is 19.1 Å². The molecule has 24 heavy (non-hydrogen) atoms. The fourth-order valence-corrected chi connectivity index (χ4v) is 2.71. The summed E-state index contributed by atoms with van der Waals surface area (Å²) in [5, 5.41) is 11.7. The maximum atomic E-state index is 12.4. The molecule has 0 bridgehead atoms. The zero-order valence-corrected chi connectivity index (χ0v) is 12.9. The van der Waals surface area contributed by atoms with Gasteiger partial charge in [-0.15, -0.1) is 0 Å². The molecule has 132 valence electrons. The Kier molecular flexibility index (Phi) is 5.33. The third kappa shape index (κ3) is 4.38. The number of ether oxygens (including phenoxy) is 1. The molecule has 0 saturated carbocycles. The van der Waals surface area contributed by atoms with Crippen molar-refractivity contribution in [2.24, 2.45) is 0 Å². The molecule has 0 radical (unpaired) electrons. The molecule has 0 spiro atoms. The number of methoxy groups -OCH3 is 1. The molecule has 0 aromatic heterocycles. The third-order valence-electron chi connectivity index (χ3n) is 3.70. The summed E-state index contributed by atoms with van der Waals surface area (Å²) < 4.78 is 42.1. The second-order valence-corrected chi connectivity index (χ2v) is 5.50. The molecule has 1 aliphatic heterocycles. The number of likely N-dealkylation sites (tertiary alicyclic amines) is 1. The van der Waals surface area contributed by atoms with Crippen molar-refractivity contribution in [3.8, 4) is 5.75 Å². The van der Waals surface area contributed by atoms with Gasteiger partial charge in [0.2, 0.25) is 0 Å². The van der Waals surface area contributed by atoms with Gasteiger partial charge >= 0.3 is 12.1 Å². The molecule has 1 fully saturated rings. The summed E-state index contributed by atoms with van der Waals surface area (Å²) in [7, 11) is 1.25. The zero-order valence-electron chi connectivity index (χ0n) is 12.9. The lowest BCUT2D eigenvalue weighted by atomic mass is 10.1. The van der Waals surface area contributed by atoms with Gasteiger partial charge in [0.05, 0.1) is 19.2 Å². The van der Waals surface area contributed by atoms with Gasteiger partial charge in [-0.1, -0.05) is 6.07 Å². The van der Waals surface area contributed by atoms with Crippen molar-refractivity contribution >= 4 is 11.9 Å². The first-order valence-electron chi connectivity index (χ1n) is 7.21. The number of carbonyl (C=O) groups is 2. The molecule has 1 heterocycles. The molecule has 1 aliphatic rings. The molecule has 0 aliphatic carbocycles. The molecule has 1 atom stereocenters.